The Labute approximate surface area is 524 Å². The van der Waals surface area contributed by atoms with Crippen LogP contribution in [0.1, 0.15) is 200 Å². The van der Waals surface area contributed by atoms with E-state index in [-0.39, 0.29) is 124 Å². The van der Waals surface area contributed by atoms with Gasteiger partial charge in [-0.05, 0) is 19.3 Å². The van der Waals surface area contributed by atoms with Crippen molar-refractivity contribution >= 4 is 53.7 Å². The molecule has 25 nitrogen and oxygen atoms in total. The van der Waals surface area contributed by atoms with Crippen molar-refractivity contribution in [3.8, 4) is 0 Å². The molecular weight excluding hydrogens is 1140 g/mol. The van der Waals surface area contributed by atoms with Gasteiger partial charge >= 0.3 is 47.8 Å². The van der Waals surface area contributed by atoms with Crippen LogP contribution in [-0.4, -0.2) is 254 Å². The maximum Gasteiger partial charge on any atom is 0.332 e. The van der Waals surface area contributed by atoms with E-state index < -0.39 is 98.6 Å². The number of nitrogens with one attached hydrogen (secondary N) is 1. The summed E-state index contributed by atoms with van der Waals surface area (Å²) >= 11 is 0. The summed E-state index contributed by atoms with van der Waals surface area (Å²) in [5.74, 6) is -8.09. The summed E-state index contributed by atoms with van der Waals surface area (Å²) < 4.78 is 27.6. The standard InChI is InChI=1S/C63H114N6O19/c1-3-5-7-9-11-13-15-17-19-21-23-25-27-29-61(81)86-50-54(88-62(82)30-28-26-24-22-20-18-16-14-12-10-8-6-4-2)51-87-63(83)52-85-42-41-84-40-32-64-55(70)44-69-39-38-66(46-57(73)74)35-34-65(45-56(71)72)36-37-68(49-60(79)80)43-53(69)31-33-67(47-58(75)76)48-59(77)78/h53-54H,3-52H2,1-2H3,(H,64,70)(H,71,72)(H,73,74)(H,75,76)(H,77,78)(H,79,80). The zero-order valence-electron chi connectivity index (χ0n) is 53.7. The molecule has 25 heteroatoms. The predicted molar refractivity (Wildman–Crippen MR) is 331 cm³/mol. The second kappa shape index (κ2) is 54.8. The molecule has 2 unspecified atom stereocenters. The van der Waals surface area contributed by atoms with Crippen LogP contribution in [0.15, 0.2) is 0 Å². The van der Waals surface area contributed by atoms with Crippen molar-refractivity contribution < 1.29 is 92.4 Å². The molecule has 0 saturated carbocycles. The summed E-state index contributed by atoms with van der Waals surface area (Å²) in [5.41, 5.74) is 0. The fraction of sp³-hybridized carbons (Fsp3) is 0.857. The summed E-state index contributed by atoms with van der Waals surface area (Å²) in [7, 11) is 0. The molecule has 0 aromatic heterocycles. The fourth-order valence-electron chi connectivity index (χ4n) is 10.5. The van der Waals surface area contributed by atoms with Gasteiger partial charge in [-0.3, -0.25) is 62.9 Å². The normalized spacial score (nSPS) is 15.2. The summed E-state index contributed by atoms with van der Waals surface area (Å²) in [6.07, 6.45) is 30.1. The van der Waals surface area contributed by atoms with Gasteiger partial charge in [0.05, 0.1) is 59.1 Å². The third kappa shape index (κ3) is 49.8. The zero-order valence-corrected chi connectivity index (χ0v) is 53.7. The average Bonchev–Trinajstić information content (AvgIpc) is 3.61. The Bertz CT molecular complexity index is 1890. The van der Waals surface area contributed by atoms with E-state index in [1.165, 1.54) is 120 Å². The summed E-state index contributed by atoms with van der Waals surface area (Å²) in [4.78, 5) is 119. The van der Waals surface area contributed by atoms with Crippen molar-refractivity contribution in [2.75, 3.05) is 138 Å². The minimum Gasteiger partial charge on any atom is -0.480 e. The third-order valence-corrected chi connectivity index (χ3v) is 15.4. The minimum atomic E-state index is -1.27. The first-order valence-corrected chi connectivity index (χ1v) is 33.1. The van der Waals surface area contributed by atoms with Gasteiger partial charge in [0.15, 0.2) is 6.10 Å². The lowest BCUT2D eigenvalue weighted by Crippen LogP contribution is -2.54. The molecule has 88 heavy (non-hydrogen) atoms. The molecule has 510 valence electrons. The van der Waals surface area contributed by atoms with Gasteiger partial charge in [-0.25, -0.2) is 4.79 Å². The Balaban J connectivity index is 2.80. The Morgan fingerprint density at radius 2 is 0.852 bits per heavy atom. The Hall–Kier alpha value is -5.05. The molecule has 6 N–H and O–H groups in total. The number of ether oxygens (including phenoxy) is 5. The number of carbonyl (C=O) groups is 9. The second-order valence-electron chi connectivity index (χ2n) is 23.4. The summed E-state index contributed by atoms with van der Waals surface area (Å²) in [6.45, 7) is 1.25. The lowest BCUT2D eigenvalue weighted by molar-refractivity contribution is -0.168. The summed E-state index contributed by atoms with van der Waals surface area (Å²) in [6, 6.07) is -0.699. The van der Waals surface area contributed by atoms with Crippen molar-refractivity contribution in [3.05, 3.63) is 0 Å². The van der Waals surface area contributed by atoms with Crippen LogP contribution in [0.2, 0.25) is 0 Å². The Kier molecular flexibility index (Phi) is 50.5. The maximum absolute atomic E-state index is 13.6. The van der Waals surface area contributed by atoms with Crippen LogP contribution in [0.5, 0.6) is 0 Å². The molecule has 1 fully saturated rings. The van der Waals surface area contributed by atoms with E-state index in [1.807, 2.05) is 0 Å². The second-order valence-corrected chi connectivity index (χ2v) is 23.4. The number of hydrogen-bond acceptors (Lipinski definition) is 19. The molecule has 0 radical (unpaired) electrons. The van der Waals surface area contributed by atoms with Gasteiger partial charge in [-0.2, -0.15) is 0 Å². The number of nitrogens with zero attached hydrogens (tertiary/aromatic N) is 5. The highest BCUT2D eigenvalue weighted by Gasteiger charge is 2.29. The van der Waals surface area contributed by atoms with Crippen molar-refractivity contribution in [2.24, 2.45) is 0 Å². The third-order valence-electron chi connectivity index (χ3n) is 15.4. The number of rotatable bonds is 56. The van der Waals surface area contributed by atoms with E-state index in [4.69, 9.17) is 23.7 Å². The molecule has 1 heterocycles. The summed E-state index contributed by atoms with van der Waals surface area (Å²) in [5, 5.41) is 50.9. The number of aliphatic carboxylic acids is 5. The van der Waals surface area contributed by atoms with E-state index in [1.54, 1.807) is 19.6 Å². The minimum absolute atomic E-state index is 0.00727. The number of carbonyl (C=O) groups excluding carboxylic acids is 4. The monoisotopic (exact) mass is 1260 g/mol. The fourth-order valence-corrected chi connectivity index (χ4v) is 10.5. The van der Waals surface area contributed by atoms with Gasteiger partial charge in [0.1, 0.15) is 19.8 Å². The molecule has 1 saturated heterocycles. The molecule has 1 amide bonds. The number of unbranched alkanes of at least 4 members (excludes halogenated alkanes) is 24. The van der Waals surface area contributed by atoms with Crippen LogP contribution in [0, 0.1) is 0 Å². The average molecular weight is 1260 g/mol. The van der Waals surface area contributed by atoms with Gasteiger partial charge in [0.25, 0.3) is 0 Å². The van der Waals surface area contributed by atoms with Crippen LogP contribution >= 0.6 is 0 Å². The van der Waals surface area contributed by atoms with Gasteiger partial charge in [-0.15, -0.1) is 0 Å². The predicted octanol–water partition coefficient (Wildman–Crippen LogP) is 6.80. The molecule has 0 spiro atoms. The van der Waals surface area contributed by atoms with Crippen LogP contribution in [-0.2, 0) is 66.8 Å². The molecule has 1 aliphatic heterocycles. The first-order valence-electron chi connectivity index (χ1n) is 33.1. The quantitative estimate of drug-likeness (QED) is 0.0207. The highest BCUT2D eigenvalue weighted by molar-refractivity contribution is 5.78. The van der Waals surface area contributed by atoms with Crippen LogP contribution < -0.4 is 5.32 Å². The topological polar surface area (TPSA) is 329 Å². The first kappa shape index (κ1) is 81.0. The lowest BCUT2D eigenvalue weighted by atomic mass is 10.0. The van der Waals surface area contributed by atoms with E-state index in [0.717, 1.165) is 38.5 Å². The van der Waals surface area contributed by atoms with E-state index in [2.05, 4.69) is 19.2 Å². The smallest absolute Gasteiger partial charge is 0.332 e. The van der Waals surface area contributed by atoms with Crippen molar-refractivity contribution in [1.29, 1.82) is 0 Å². The van der Waals surface area contributed by atoms with Crippen LogP contribution in [0.4, 0.5) is 0 Å². The van der Waals surface area contributed by atoms with Gasteiger partial charge in [-0.1, -0.05) is 168 Å². The molecule has 2 atom stereocenters. The van der Waals surface area contributed by atoms with Crippen LogP contribution in [0.3, 0.4) is 0 Å². The zero-order chi connectivity index (χ0) is 64.8. The molecule has 0 aromatic rings. The number of esters is 3. The van der Waals surface area contributed by atoms with Crippen molar-refractivity contribution in [2.45, 2.75) is 212 Å². The Morgan fingerprint density at radius 1 is 0.455 bits per heavy atom. The molecule has 1 rings (SSSR count). The van der Waals surface area contributed by atoms with E-state index in [0.29, 0.717) is 12.8 Å². The molecular formula is C63H114N6O19. The van der Waals surface area contributed by atoms with Crippen LogP contribution in [0.25, 0.3) is 0 Å². The van der Waals surface area contributed by atoms with Crippen molar-refractivity contribution in [3.63, 3.8) is 0 Å². The van der Waals surface area contributed by atoms with Crippen molar-refractivity contribution in [1.82, 2.24) is 29.8 Å². The molecule has 0 aliphatic carbocycles. The molecule has 0 bridgehead atoms. The largest absolute Gasteiger partial charge is 0.480 e. The maximum atomic E-state index is 13.6. The van der Waals surface area contributed by atoms with E-state index in [9.17, 15) is 68.7 Å². The van der Waals surface area contributed by atoms with Gasteiger partial charge in [0, 0.05) is 77.8 Å². The SMILES string of the molecule is CCCCCCCCCCCCCCCC(=O)OCC(COC(=O)COCCOCCNC(=O)CN1CCN(CC(=O)O)CCN(CC(=O)O)CCN(CC(=O)O)CC1CCN(CC(=O)O)CC(=O)O)OC(=O)CCCCCCCCCCCCCCC. The molecule has 0 aromatic carbocycles. The highest BCUT2D eigenvalue weighted by Crippen LogP contribution is 2.17. The highest BCUT2D eigenvalue weighted by atomic mass is 16.6. The number of carboxylic acids is 5. The van der Waals surface area contributed by atoms with E-state index >= 15 is 0 Å². The number of carboxylic acid groups (broad SMARTS) is 5. The van der Waals surface area contributed by atoms with Gasteiger partial charge < -0.3 is 54.5 Å². The first-order chi connectivity index (χ1) is 42.4. The Morgan fingerprint density at radius 3 is 1.31 bits per heavy atom. The number of hydrogen-bond donors (Lipinski definition) is 6. The molecule has 1 aliphatic rings. The van der Waals surface area contributed by atoms with Gasteiger partial charge in [0.2, 0.25) is 5.91 Å². The number of amides is 1. The lowest BCUT2D eigenvalue weighted by Gasteiger charge is -2.38.